The van der Waals surface area contributed by atoms with Crippen molar-refractivity contribution in [2.24, 2.45) is 0 Å². The van der Waals surface area contributed by atoms with Crippen LogP contribution in [0.25, 0.3) is 0 Å². The van der Waals surface area contributed by atoms with E-state index in [4.69, 9.17) is 9.84 Å². The SMILES string of the molecule is OCCCCCCCCCCCOC1=C(F)C(F)=C(O)C=CC1. The Hall–Kier alpha value is -1.36. The monoisotopic (exact) mass is 330 g/mol. The number of ether oxygens (including phenoxy) is 1. The highest BCUT2D eigenvalue weighted by Gasteiger charge is 2.18. The Balaban J connectivity index is 2.06. The Morgan fingerprint density at radius 1 is 0.870 bits per heavy atom. The molecule has 23 heavy (non-hydrogen) atoms. The summed E-state index contributed by atoms with van der Waals surface area (Å²) in [6.07, 6.45) is 12.4. The van der Waals surface area contributed by atoms with Gasteiger partial charge in [0.1, 0.15) is 5.76 Å². The molecule has 0 saturated heterocycles. The third kappa shape index (κ3) is 8.16. The summed E-state index contributed by atoms with van der Waals surface area (Å²) < 4.78 is 32.3. The van der Waals surface area contributed by atoms with Crippen LogP contribution in [0.2, 0.25) is 0 Å². The fourth-order valence-electron chi connectivity index (χ4n) is 2.44. The molecule has 0 spiro atoms. The maximum absolute atomic E-state index is 13.7. The second-order valence-corrected chi connectivity index (χ2v) is 5.80. The topological polar surface area (TPSA) is 49.7 Å². The van der Waals surface area contributed by atoms with Gasteiger partial charge in [-0.2, -0.15) is 8.78 Å². The number of halogens is 2. The van der Waals surface area contributed by atoms with Gasteiger partial charge in [-0.05, 0) is 18.9 Å². The lowest BCUT2D eigenvalue weighted by Gasteiger charge is -2.09. The van der Waals surface area contributed by atoms with Crippen LogP contribution in [0, 0.1) is 0 Å². The normalized spacial score (nSPS) is 15.3. The van der Waals surface area contributed by atoms with Crippen molar-refractivity contribution < 1.29 is 23.7 Å². The van der Waals surface area contributed by atoms with Crippen molar-refractivity contribution in [1.29, 1.82) is 0 Å². The van der Waals surface area contributed by atoms with E-state index in [-0.39, 0.29) is 18.8 Å². The molecule has 0 amide bonds. The molecule has 0 fully saturated rings. The Morgan fingerprint density at radius 3 is 2.04 bits per heavy atom. The molecular weight excluding hydrogens is 302 g/mol. The number of aliphatic hydroxyl groups excluding tert-OH is 2. The van der Waals surface area contributed by atoms with Gasteiger partial charge in [0.15, 0.2) is 5.76 Å². The van der Waals surface area contributed by atoms with E-state index in [1.54, 1.807) is 0 Å². The third-order valence-electron chi connectivity index (χ3n) is 3.82. The Morgan fingerprint density at radius 2 is 1.43 bits per heavy atom. The second-order valence-electron chi connectivity index (χ2n) is 5.80. The molecule has 0 aromatic heterocycles. The minimum absolute atomic E-state index is 0.0494. The highest BCUT2D eigenvalue weighted by atomic mass is 19.2. The first-order valence-corrected chi connectivity index (χ1v) is 8.54. The molecule has 3 nitrogen and oxygen atoms in total. The maximum atomic E-state index is 13.7. The van der Waals surface area contributed by atoms with Gasteiger partial charge in [-0.25, -0.2) is 0 Å². The van der Waals surface area contributed by atoms with Gasteiger partial charge in [0.2, 0.25) is 11.7 Å². The first-order valence-electron chi connectivity index (χ1n) is 8.54. The van der Waals surface area contributed by atoms with E-state index >= 15 is 0 Å². The predicted molar refractivity (Wildman–Crippen MR) is 87.2 cm³/mol. The highest BCUT2D eigenvalue weighted by molar-refractivity contribution is 5.33. The average molecular weight is 330 g/mol. The summed E-state index contributed by atoms with van der Waals surface area (Å²) in [6, 6.07) is 0. The quantitative estimate of drug-likeness (QED) is 0.472. The van der Waals surface area contributed by atoms with Crippen LogP contribution in [0.4, 0.5) is 8.78 Å². The van der Waals surface area contributed by atoms with E-state index in [0.717, 1.165) is 38.2 Å². The predicted octanol–water partition coefficient (Wildman–Crippen LogP) is 5.39. The van der Waals surface area contributed by atoms with Crippen LogP contribution in [0.3, 0.4) is 0 Å². The summed E-state index contributed by atoms with van der Waals surface area (Å²) in [5.74, 6) is -3.10. The van der Waals surface area contributed by atoms with Crippen LogP contribution >= 0.6 is 0 Å². The fraction of sp³-hybridized carbons (Fsp3) is 0.667. The van der Waals surface area contributed by atoms with Gasteiger partial charge in [0.05, 0.1) is 6.61 Å². The van der Waals surface area contributed by atoms with Crippen molar-refractivity contribution >= 4 is 0 Å². The third-order valence-corrected chi connectivity index (χ3v) is 3.82. The zero-order valence-electron chi connectivity index (χ0n) is 13.7. The molecule has 0 atom stereocenters. The highest BCUT2D eigenvalue weighted by Crippen LogP contribution is 2.27. The molecule has 0 heterocycles. The van der Waals surface area contributed by atoms with Crippen LogP contribution < -0.4 is 0 Å². The minimum atomic E-state index is -1.25. The largest absolute Gasteiger partial charge is 0.505 e. The Labute approximate surface area is 137 Å². The number of unbranched alkanes of at least 4 members (excludes halogenated alkanes) is 8. The maximum Gasteiger partial charge on any atom is 0.203 e. The molecule has 132 valence electrons. The number of hydrogen-bond acceptors (Lipinski definition) is 3. The zero-order valence-corrected chi connectivity index (χ0v) is 13.7. The van der Waals surface area contributed by atoms with Gasteiger partial charge in [-0.15, -0.1) is 0 Å². The fourth-order valence-corrected chi connectivity index (χ4v) is 2.44. The summed E-state index contributed by atoms with van der Waals surface area (Å²) in [5.41, 5.74) is 0. The van der Waals surface area contributed by atoms with Crippen molar-refractivity contribution in [3.63, 3.8) is 0 Å². The molecule has 0 aliphatic heterocycles. The van der Waals surface area contributed by atoms with Crippen molar-refractivity contribution in [1.82, 2.24) is 0 Å². The van der Waals surface area contributed by atoms with Crippen LogP contribution in [-0.4, -0.2) is 23.4 Å². The van der Waals surface area contributed by atoms with Crippen LogP contribution in [0.5, 0.6) is 0 Å². The molecule has 2 N–H and O–H groups in total. The first-order chi connectivity index (χ1) is 11.2. The average Bonchev–Trinajstić information content (AvgIpc) is 2.67. The molecule has 0 aromatic rings. The summed E-state index contributed by atoms with van der Waals surface area (Å²) in [7, 11) is 0. The van der Waals surface area contributed by atoms with E-state index in [2.05, 4.69) is 0 Å². The summed E-state index contributed by atoms with van der Waals surface area (Å²) >= 11 is 0. The van der Waals surface area contributed by atoms with E-state index < -0.39 is 17.4 Å². The van der Waals surface area contributed by atoms with Crippen LogP contribution in [0.1, 0.15) is 64.2 Å². The molecule has 0 saturated carbocycles. The van der Waals surface area contributed by atoms with Crippen molar-refractivity contribution in [3.8, 4) is 0 Å². The van der Waals surface area contributed by atoms with Gasteiger partial charge in [0, 0.05) is 13.0 Å². The molecule has 5 heteroatoms. The van der Waals surface area contributed by atoms with Crippen LogP contribution in [-0.2, 0) is 4.74 Å². The lowest BCUT2D eigenvalue weighted by Crippen LogP contribution is -1.98. The molecular formula is C18H28F2O3. The second kappa shape index (κ2) is 12.1. The van der Waals surface area contributed by atoms with E-state index in [1.165, 1.54) is 31.8 Å². The van der Waals surface area contributed by atoms with Crippen molar-refractivity contribution in [2.75, 3.05) is 13.2 Å². The lowest BCUT2D eigenvalue weighted by molar-refractivity contribution is 0.189. The Bertz CT molecular complexity index is 428. The molecule has 0 unspecified atom stereocenters. The summed E-state index contributed by atoms with van der Waals surface area (Å²) in [5, 5.41) is 17.8. The number of hydrogen-bond donors (Lipinski definition) is 2. The summed E-state index contributed by atoms with van der Waals surface area (Å²) in [6.45, 7) is 0.646. The molecule has 0 aromatic carbocycles. The van der Waals surface area contributed by atoms with Gasteiger partial charge in [-0.1, -0.05) is 51.0 Å². The van der Waals surface area contributed by atoms with E-state index in [1.807, 2.05) is 0 Å². The minimum Gasteiger partial charge on any atom is -0.505 e. The number of rotatable bonds is 12. The first kappa shape index (κ1) is 19.7. The standard InChI is InChI=1S/C18H28F2O3/c19-17-15(22)11-10-12-16(18(17)20)23-14-9-7-5-3-1-2-4-6-8-13-21/h10-11,21-22H,1-9,12-14H2. The summed E-state index contributed by atoms with van der Waals surface area (Å²) in [4.78, 5) is 0. The lowest BCUT2D eigenvalue weighted by atomic mass is 10.1. The van der Waals surface area contributed by atoms with Gasteiger partial charge < -0.3 is 14.9 Å². The Kier molecular flexibility index (Phi) is 10.4. The molecule has 1 rings (SSSR count). The van der Waals surface area contributed by atoms with Crippen LogP contribution in [0.15, 0.2) is 35.3 Å². The molecule has 1 aliphatic rings. The molecule has 0 radical (unpaired) electrons. The van der Waals surface area contributed by atoms with Gasteiger partial charge >= 0.3 is 0 Å². The smallest absolute Gasteiger partial charge is 0.203 e. The van der Waals surface area contributed by atoms with E-state index in [0.29, 0.717) is 6.61 Å². The number of aliphatic hydroxyl groups is 2. The van der Waals surface area contributed by atoms with Crippen molar-refractivity contribution in [3.05, 3.63) is 35.3 Å². The van der Waals surface area contributed by atoms with Gasteiger partial charge in [-0.3, -0.25) is 0 Å². The number of allylic oxidation sites excluding steroid dienone is 4. The molecule has 1 aliphatic carbocycles. The zero-order chi connectivity index (χ0) is 16.9. The van der Waals surface area contributed by atoms with Gasteiger partial charge in [0.25, 0.3) is 0 Å². The van der Waals surface area contributed by atoms with E-state index in [9.17, 15) is 13.9 Å². The molecule has 0 bridgehead atoms. The van der Waals surface area contributed by atoms with Crippen molar-refractivity contribution in [2.45, 2.75) is 64.2 Å².